The first kappa shape index (κ1) is 24.0. The summed E-state index contributed by atoms with van der Waals surface area (Å²) in [6.45, 7) is 5.88. The molecule has 5 nitrogen and oxygen atoms in total. The molecule has 0 atom stereocenters. The monoisotopic (exact) mass is 484 g/mol. The summed E-state index contributed by atoms with van der Waals surface area (Å²) < 4.78 is 11.7. The molecule has 0 aromatic heterocycles. The lowest BCUT2D eigenvalue weighted by Crippen LogP contribution is -2.28. The van der Waals surface area contributed by atoms with Crippen LogP contribution in [0.25, 0.3) is 0 Å². The van der Waals surface area contributed by atoms with Crippen molar-refractivity contribution in [2.75, 3.05) is 26.2 Å². The summed E-state index contributed by atoms with van der Waals surface area (Å²) in [6, 6.07) is 9.19. The quantitative estimate of drug-likeness (QED) is 0.413. The van der Waals surface area contributed by atoms with Crippen molar-refractivity contribution >= 4 is 40.7 Å². The Balaban J connectivity index is 1.56. The van der Waals surface area contributed by atoms with Crippen molar-refractivity contribution in [1.29, 1.82) is 0 Å². The number of benzene rings is 2. The first-order chi connectivity index (χ1) is 15.0. The summed E-state index contributed by atoms with van der Waals surface area (Å²) in [7, 11) is 0. The van der Waals surface area contributed by atoms with Gasteiger partial charge < -0.3 is 19.7 Å². The lowest BCUT2D eigenvalue weighted by molar-refractivity contribution is -0.127. The van der Waals surface area contributed by atoms with Crippen molar-refractivity contribution in [2.24, 2.45) is 0 Å². The fourth-order valence-corrected chi connectivity index (χ4v) is 4.09. The third-order valence-corrected chi connectivity index (χ3v) is 6.04. The Hall–Kier alpha value is -1.66. The number of hydrogen-bond acceptors (Lipinski definition) is 4. The van der Waals surface area contributed by atoms with E-state index in [9.17, 15) is 4.79 Å². The smallest absolute Gasteiger partial charge is 0.222 e. The maximum atomic E-state index is 11.7. The Kier molecular flexibility index (Phi) is 9.15. The van der Waals surface area contributed by atoms with E-state index < -0.39 is 0 Å². The molecule has 0 unspecified atom stereocenters. The molecule has 0 spiro atoms. The Morgan fingerprint density at radius 2 is 1.84 bits per heavy atom. The average molecular weight is 486 g/mol. The van der Waals surface area contributed by atoms with Gasteiger partial charge in [-0.1, -0.05) is 40.9 Å². The van der Waals surface area contributed by atoms with Crippen LogP contribution in [0.3, 0.4) is 0 Å². The van der Waals surface area contributed by atoms with E-state index in [-0.39, 0.29) is 5.91 Å². The minimum absolute atomic E-state index is 0.268. The molecule has 3 rings (SSSR count). The van der Waals surface area contributed by atoms with E-state index in [4.69, 9.17) is 44.3 Å². The summed E-state index contributed by atoms with van der Waals surface area (Å²) >= 11 is 18.6. The summed E-state index contributed by atoms with van der Waals surface area (Å²) in [4.78, 5) is 13.6. The zero-order valence-corrected chi connectivity index (χ0v) is 19.8. The molecule has 31 heavy (non-hydrogen) atoms. The van der Waals surface area contributed by atoms with Crippen LogP contribution in [-0.2, 0) is 17.9 Å². The van der Waals surface area contributed by atoms with E-state index in [0.717, 1.165) is 43.6 Å². The van der Waals surface area contributed by atoms with Gasteiger partial charge in [0.05, 0.1) is 21.7 Å². The van der Waals surface area contributed by atoms with Gasteiger partial charge in [-0.05, 0) is 61.7 Å². The number of carbonyl (C=O) groups is 1. The number of ether oxygens (including phenoxy) is 2. The van der Waals surface area contributed by atoms with E-state index in [2.05, 4.69) is 5.32 Å². The molecule has 0 radical (unpaired) electrons. The first-order valence-corrected chi connectivity index (χ1v) is 11.6. The maximum Gasteiger partial charge on any atom is 0.222 e. The van der Waals surface area contributed by atoms with Crippen molar-refractivity contribution in [3.05, 3.63) is 56.5 Å². The van der Waals surface area contributed by atoms with E-state index in [0.29, 0.717) is 52.7 Å². The predicted octanol–water partition coefficient (Wildman–Crippen LogP) is 5.73. The third kappa shape index (κ3) is 6.91. The average Bonchev–Trinajstić information content (AvgIpc) is 3.14. The van der Waals surface area contributed by atoms with Gasteiger partial charge in [0.2, 0.25) is 5.91 Å². The molecule has 1 N–H and O–H groups in total. The molecule has 168 valence electrons. The molecule has 0 aliphatic carbocycles. The molecule has 1 saturated heterocycles. The second kappa shape index (κ2) is 11.8. The molecular weight excluding hydrogens is 459 g/mol. The molecule has 1 heterocycles. The Bertz CT molecular complexity index is 908. The van der Waals surface area contributed by atoms with Crippen LogP contribution in [0.2, 0.25) is 15.1 Å². The Morgan fingerprint density at radius 1 is 1.03 bits per heavy atom. The molecule has 2 aromatic carbocycles. The second-order valence-corrected chi connectivity index (χ2v) is 8.61. The van der Waals surface area contributed by atoms with E-state index >= 15 is 0 Å². The van der Waals surface area contributed by atoms with E-state index in [1.165, 1.54) is 0 Å². The standard InChI is InChI=1S/C23H27Cl3N2O3/c1-2-30-21-13-17(14-27-8-4-10-28-9-3-5-22(28)29)12-20(26)23(21)31-15-16-6-7-18(24)19(25)11-16/h6-7,11-13,27H,2-5,8-10,14-15H2,1H3. The van der Waals surface area contributed by atoms with Gasteiger partial charge in [-0.15, -0.1) is 0 Å². The van der Waals surface area contributed by atoms with Crippen LogP contribution in [0.1, 0.15) is 37.3 Å². The number of carbonyl (C=O) groups excluding carboxylic acids is 1. The van der Waals surface area contributed by atoms with Crippen LogP contribution in [0.5, 0.6) is 11.5 Å². The first-order valence-electron chi connectivity index (χ1n) is 10.5. The topological polar surface area (TPSA) is 50.8 Å². The van der Waals surface area contributed by atoms with Gasteiger partial charge >= 0.3 is 0 Å². The summed E-state index contributed by atoms with van der Waals surface area (Å²) in [5.74, 6) is 1.38. The van der Waals surface area contributed by atoms with Gasteiger partial charge in [0.25, 0.3) is 0 Å². The molecule has 8 heteroatoms. The molecule has 1 aliphatic heterocycles. The fraction of sp³-hybridized carbons (Fsp3) is 0.435. The highest BCUT2D eigenvalue weighted by Crippen LogP contribution is 2.37. The third-order valence-electron chi connectivity index (χ3n) is 5.02. The minimum atomic E-state index is 0.268. The second-order valence-electron chi connectivity index (χ2n) is 7.39. The highest BCUT2D eigenvalue weighted by molar-refractivity contribution is 6.42. The number of rotatable bonds is 11. The molecule has 2 aromatic rings. The number of nitrogens with one attached hydrogen (secondary N) is 1. The van der Waals surface area contributed by atoms with Gasteiger partial charge in [-0.25, -0.2) is 0 Å². The number of hydrogen-bond donors (Lipinski definition) is 1. The van der Waals surface area contributed by atoms with E-state index in [1.807, 2.05) is 30.0 Å². The van der Waals surface area contributed by atoms with Crippen LogP contribution >= 0.6 is 34.8 Å². The van der Waals surface area contributed by atoms with Crippen molar-refractivity contribution < 1.29 is 14.3 Å². The lowest BCUT2D eigenvalue weighted by Gasteiger charge is -2.17. The normalized spacial score (nSPS) is 13.7. The highest BCUT2D eigenvalue weighted by atomic mass is 35.5. The van der Waals surface area contributed by atoms with Gasteiger partial charge in [0.15, 0.2) is 11.5 Å². The summed E-state index contributed by atoms with van der Waals surface area (Å²) in [5, 5.41) is 4.88. The van der Waals surface area contributed by atoms with Crippen molar-refractivity contribution in [3.8, 4) is 11.5 Å². The zero-order chi connectivity index (χ0) is 22.2. The molecular formula is C23H27Cl3N2O3. The van der Waals surface area contributed by atoms with Gasteiger partial charge in [-0.2, -0.15) is 0 Å². The lowest BCUT2D eigenvalue weighted by atomic mass is 10.2. The molecule has 0 saturated carbocycles. The zero-order valence-electron chi connectivity index (χ0n) is 17.6. The summed E-state index contributed by atoms with van der Waals surface area (Å²) in [5.41, 5.74) is 1.89. The number of halogens is 3. The Labute approximate surface area is 198 Å². The van der Waals surface area contributed by atoms with Crippen LogP contribution < -0.4 is 14.8 Å². The van der Waals surface area contributed by atoms with Crippen LogP contribution in [0, 0.1) is 0 Å². The van der Waals surface area contributed by atoms with Crippen LogP contribution in [-0.4, -0.2) is 37.0 Å². The molecule has 1 fully saturated rings. The van der Waals surface area contributed by atoms with Crippen LogP contribution in [0.15, 0.2) is 30.3 Å². The number of nitrogens with zero attached hydrogens (tertiary/aromatic N) is 1. The SMILES string of the molecule is CCOc1cc(CNCCCN2CCCC2=O)cc(Cl)c1OCc1ccc(Cl)c(Cl)c1. The molecule has 0 bridgehead atoms. The largest absolute Gasteiger partial charge is 0.490 e. The van der Waals surface area contributed by atoms with Gasteiger partial charge in [0, 0.05) is 26.1 Å². The van der Waals surface area contributed by atoms with Crippen molar-refractivity contribution in [2.45, 2.75) is 39.3 Å². The number of amides is 1. The molecule has 1 aliphatic rings. The molecule has 1 amide bonds. The number of likely N-dealkylation sites (tertiary alicyclic amines) is 1. The van der Waals surface area contributed by atoms with Crippen molar-refractivity contribution in [1.82, 2.24) is 10.2 Å². The van der Waals surface area contributed by atoms with Gasteiger partial charge in [0.1, 0.15) is 6.61 Å². The van der Waals surface area contributed by atoms with Crippen LogP contribution in [0.4, 0.5) is 0 Å². The highest BCUT2D eigenvalue weighted by Gasteiger charge is 2.19. The Morgan fingerprint density at radius 3 is 2.55 bits per heavy atom. The summed E-state index contributed by atoms with van der Waals surface area (Å²) in [6.07, 6.45) is 2.58. The van der Waals surface area contributed by atoms with E-state index in [1.54, 1.807) is 12.1 Å². The van der Waals surface area contributed by atoms with Crippen molar-refractivity contribution in [3.63, 3.8) is 0 Å². The maximum absolute atomic E-state index is 11.7. The van der Waals surface area contributed by atoms with Gasteiger partial charge in [-0.3, -0.25) is 4.79 Å². The minimum Gasteiger partial charge on any atom is -0.490 e. The predicted molar refractivity (Wildman–Crippen MR) is 126 cm³/mol. The fourth-order valence-electron chi connectivity index (χ4n) is 3.48.